The first-order valence-electron chi connectivity index (χ1n) is 3.57. The lowest BCUT2D eigenvalue weighted by atomic mass is 10.1. The Balaban J connectivity index is 2.51. The Hall–Kier alpha value is -0.860. The molecule has 0 spiro atoms. The molecule has 0 aliphatic rings. The van der Waals surface area contributed by atoms with Crippen molar-refractivity contribution in [2.75, 3.05) is 6.61 Å². The molecule has 0 saturated heterocycles. The Kier molecular flexibility index (Phi) is 3.08. The molecule has 0 bridgehead atoms. The summed E-state index contributed by atoms with van der Waals surface area (Å²) in [6.45, 7) is -0.182. The van der Waals surface area contributed by atoms with Gasteiger partial charge in [0.2, 0.25) is 0 Å². The molecule has 0 aromatic heterocycles. The molecule has 2 N–H and O–H groups in total. The third-order valence-electron chi connectivity index (χ3n) is 1.47. The van der Waals surface area contributed by atoms with E-state index in [4.69, 9.17) is 10.2 Å². The summed E-state index contributed by atoms with van der Waals surface area (Å²) >= 11 is 0. The second kappa shape index (κ2) is 4.11. The molecule has 0 aliphatic heterocycles. The minimum atomic E-state index is -0.641. The fourth-order valence-electron chi connectivity index (χ4n) is 0.894. The van der Waals surface area contributed by atoms with Crippen LogP contribution in [0.3, 0.4) is 0 Å². The Labute approximate surface area is 66.1 Å². The van der Waals surface area contributed by atoms with Crippen molar-refractivity contribution in [3.05, 3.63) is 35.9 Å². The Bertz CT molecular complexity index is 196. The van der Waals surface area contributed by atoms with Crippen molar-refractivity contribution < 1.29 is 10.2 Å². The van der Waals surface area contributed by atoms with Gasteiger partial charge in [-0.1, -0.05) is 24.3 Å². The topological polar surface area (TPSA) is 40.5 Å². The van der Waals surface area contributed by atoms with Crippen molar-refractivity contribution in [3.63, 3.8) is 0 Å². The van der Waals surface area contributed by atoms with Gasteiger partial charge < -0.3 is 10.2 Å². The fourth-order valence-corrected chi connectivity index (χ4v) is 0.894. The zero-order valence-corrected chi connectivity index (χ0v) is 6.20. The van der Waals surface area contributed by atoms with Crippen LogP contribution in [0.25, 0.3) is 0 Å². The van der Waals surface area contributed by atoms with Gasteiger partial charge in [0.05, 0.1) is 12.7 Å². The molecule has 59 valence electrons. The minimum Gasteiger partial charge on any atom is -0.394 e. The zero-order chi connectivity index (χ0) is 8.10. The highest BCUT2D eigenvalue weighted by molar-refractivity contribution is 5.14. The van der Waals surface area contributed by atoms with Crippen LogP contribution in [0.15, 0.2) is 24.3 Å². The lowest BCUT2D eigenvalue weighted by Gasteiger charge is -2.05. The van der Waals surface area contributed by atoms with Crippen molar-refractivity contribution in [1.29, 1.82) is 0 Å². The van der Waals surface area contributed by atoms with E-state index in [2.05, 4.69) is 6.07 Å². The van der Waals surface area contributed by atoms with Crippen molar-refractivity contribution in [2.24, 2.45) is 0 Å². The predicted molar refractivity (Wildman–Crippen MR) is 42.1 cm³/mol. The van der Waals surface area contributed by atoms with Crippen LogP contribution in [0.1, 0.15) is 5.56 Å². The fraction of sp³-hybridized carbons (Fsp3) is 0.333. The Morgan fingerprint density at radius 2 is 2.00 bits per heavy atom. The molecule has 11 heavy (non-hydrogen) atoms. The highest BCUT2D eigenvalue weighted by Gasteiger charge is 2.01. The molecule has 0 fully saturated rings. The average Bonchev–Trinajstić information content (AvgIpc) is 2.06. The third-order valence-corrected chi connectivity index (χ3v) is 1.47. The second-order valence-electron chi connectivity index (χ2n) is 2.45. The number of rotatable bonds is 3. The van der Waals surface area contributed by atoms with Gasteiger partial charge in [-0.3, -0.25) is 0 Å². The average molecular weight is 151 g/mol. The molecule has 2 heteroatoms. The van der Waals surface area contributed by atoms with Crippen LogP contribution in [-0.2, 0) is 6.42 Å². The number of aliphatic hydroxyl groups is 2. The van der Waals surface area contributed by atoms with Gasteiger partial charge in [0.15, 0.2) is 0 Å². The summed E-state index contributed by atoms with van der Waals surface area (Å²) in [5.74, 6) is 0. The van der Waals surface area contributed by atoms with Crippen molar-refractivity contribution in [1.82, 2.24) is 0 Å². The molecule has 1 radical (unpaired) electrons. The van der Waals surface area contributed by atoms with E-state index in [-0.39, 0.29) is 6.61 Å². The smallest absolute Gasteiger partial charge is 0.0811 e. The molecular formula is C9H11O2. The van der Waals surface area contributed by atoms with Crippen molar-refractivity contribution >= 4 is 0 Å². The van der Waals surface area contributed by atoms with Gasteiger partial charge in [-0.25, -0.2) is 0 Å². The SMILES string of the molecule is OC[C@@H](O)Cc1cc[c]cc1. The molecule has 1 rings (SSSR count). The van der Waals surface area contributed by atoms with E-state index in [0.29, 0.717) is 6.42 Å². The van der Waals surface area contributed by atoms with E-state index in [0.717, 1.165) is 5.56 Å². The van der Waals surface area contributed by atoms with E-state index in [1.165, 1.54) is 0 Å². The van der Waals surface area contributed by atoms with Crippen LogP contribution >= 0.6 is 0 Å². The standard InChI is InChI=1S/C9H11O2/c10-7-9(11)6-8-4-2-1-3-5-8/h2-5,9-11H,6-7H2/t9-/m0/s1. The van der Waals surface area contributed by atoms with Crippen molar-refractivity contribution in [2.45, 2.75) is 12.5 Å². The summed E-state index contributed by atoms with van der Waals surface area (Å²) in [5.41, 5.74) is 1.02. The van der Waals surface area contributed by atoms with E-state index in [1.54, 1.807) is 12.1 Å². The molecule has 0 amide bonds. The maximum absolute atomic E-state index is 9.05. The van der Waals surface area contributed by atoms with Gasteiger partial charge in [-0.15, -0.1) is 0 Å². The lowest BCUT2D eigenvalue weighted by Crippen LogP contribution is -2.14. The maximum Gasteiger partial charge on any atom is 0.0811 e. The summed E-state index contributed by atoms with van der Waals surface area (Å²) in [7, 11) is 0. The summed E-state index contributed by atoms with van der Waals surface area (Å²) in [4.78, 5) is 0. The monoisotopic (exact) mass is 151 g/mol. The number of hydrogen-bond donors (Lipinski definition) is 2. The molecule has 1 aromatic rings. The second-order valence-corrected chi connectivity index (χ2v) is 2.45. The minimum absolute atomic E-state index is 0.182. The van der Waals surface area contributed by atoms with Crippen molar-refractivity contribution in [3.8, 4) is 0 Å². The van der Waals surface area contributed by atoms with Crippen LogP contribution in [0.2, 0.25) is 0 Å². The summed E-state index contributed by atoms with van der Waals surface area (Å²) in [5, 5.41) is 17.6. The highest BCUT2D eigenvalue weighted by Crippen LogP contribution is 2.01. The first-order chi connectivity index (χ1) is 5.33. The molecule has 0 saturated carbocycles. The summed E-state index contributed by atoms with van der Waals surface area (Å²) in [6.07, 6.45) is -0.136. The van der Waals surface area contributed by atoms with Gasteiger partial charge in [-0.05, 0) is 11.6 Å². The number of benzene rings is 1. The van der Waals surface area contributed by atoms with Crippen LogP contribution < -0.4 is 0 Å². The quantitative estimate of drug-likeness (QED) is 0.655. The van der Waals surface area contributed by atoms with E-state index < -0.39 is 6.10 Å². The highest BCUT2D eigenvalue weighted by atomic mass is 16.3. The molecule has 0 heterocycles. The summed E-state index contributed by atoms with van der Waals surface area (Å²) < 4.78 is 0. The maximum atomic E-state index is 9.05. The Morgan fingerprint density at radius 1 is 1.36 bits per heavy atom. The van der Waals surface area contributed by atoms with Gasteiger partial charge >= 0.3 is 0 Å². The first kappa shape index (κ1) is 8.24. The summed E-state index contributed by atoms with van der Waals surface area (Å²) in [6, 6.07) is 10.2. The normalized spacial score (nSPS) is 12.9. The van der Waals surface area contributed by atoms with Gasteiger partial charge in [0.1, 0.15) is 0 Å². The van der Waals surface area contributed by atoms with Crippen LogP contribution in [0.4, 0.5) is 0 Å². The molecular weight excluding hydrogens is 140 g/mol. The van der Waals surface area contributed by atoms with Gasteiger partial charge in [0.25, 0.3) is 0 Å². The lowest BCUT2D eigenvalue weighted by molar-refractivity contribution is 0.0955. The van der Waals surface area contributed by atoms with E-state index in [1.807, 2.05) is 12.1 Å². The van der Waals surface area contributed by atoms with Crippen LogP contribution in [-0.4, -0.2) is 22.9 Å². The largest absolute Gasteiger partial charge is 0.394 e. The van der Waals surface area contributed by atoms with Crippen LogP contribution in [0, 0.1) is 6.07 Å². The Morgan fingerprint density at radius 3 is 2.55 bits per heavy atom. The van der Waals surface area contributed by atoms with E-state index >= 15 is 0 Å². The number of hydrogen-bond acceptors (Lipinski definition) is 2. The zero-order valence-electron chi connectivity index (χ0n) is 6.20. The van der Waals surface area contributed by atoms with Gasteiger partial charge in [0, 0.05) is 6.42 Å². The van der Waals surface area contributed by atoms with E-state index in [9.17, 15) is 0 Å². The molecule has 0 aliphatic carbocycles. The number of aliphatic hydroxyl groups excluding tert-OH is 2. The molecule has 2 nitrogen and oxygen atoms in total. The third kappa shape index (κ3) is 2.70. The first-order valence-corrected chi connectivity index (χ1v) is 3.57. The molecule has 0 unspecified atom stereocenters. The molecule has 1 aromatic carbocycles. The van der Waals surface area contributed by atoms with Gasteiger partial charge in [-0.2, -0.15) is 0 Å². The molecule has 1 atom stereocenters. The van der Waals surface area contributed by atoms with Crippen LogP contribution in [0.5, 0.6) is 0 Å². The predicted octanol–water partition coefficient (Wildman–Crippen LogP) is 0.382.